The molecule has 0 radical (unpaired) electrons. The molecule has 0 aliphatic rings. The van der Waals surface area contributed by atoms with Gasteiger partial charge in [-0.2, -0.15) is 0 Å². The SMILES string of the molecule is CC(C)(C)NC(=O)[C@H](Cc1ccccc1)N(Cc1ccc(Cl)cc1)C(=O)CSCc1ccc([N+](=O)[O-])cc1. The van der Waals surface area contributed by atoms with Crippen molar-refractivity contribution < 1.29 is 14.5 Å². The highest BCUT2D eigenvalue weighted by molar-refractivity contribution is 7.99. The third-order valence-electron chi connectivity index (χ3n) is 5.68. The summed E-state index contributed by atoms with van der Waals surface area (Å²) in [6, 6.07) is 22.5. The lowest BCUT2D eigenvalue weighted by Gasteiger charge is -2.34. The van der Waals surface area contributed by atoms with Crippen LogP contribution in [0.2, 0.25) is 5.02 Å². The van der Waals surface area contributed by atoms with Crippen molar-refractivity contribution in [2.45, 2.75) is 51.1 Å². The Morgan fingerprint density at radius 1 is 0.947 bits per heavy atom. The van der Waals surface area contributed by atoms with Crippen LogP contribution < -0.4 is 5.32 Å². The molecule has 0 saturated heterocycles. The fourth-order valence-electron chi connectivity index (χ4n) is 3.85. The molecule has 0 spiro atoms. The summed E-state index contributed by atoms with van der Waals surface area (Å²) in [5, 5.41) is 14.6. The second kappa shape index (κ2) is 13.4. The molecule has 38 heavy (non-hydrogen) atoms. The van der Waals surface area contributed by atoms with E-state index in [4.69, 9.17) is 11.6 Å². The number of nitro benzene ring substituents is 1. The fraction of sp³-hybridized carbons (Fsp3) is 0.310. The van der Waals surface area contributed by atoms with Crippen LogP contribution in [-0.4, -0.2) is 39.0 Å². The Morgan fingerprint density at radius 3 is 2.13 bits per heavy atom. The van der Waals surface area contributed by atoms with Crippen LogP contribution in [0, 0.1) is 10.1 Å². The number of hydrogen-bond acceptors (Lipinski definition) is 5. The van der Waals surface area contributed by atoms with Gasteiger partial charge in [0.05, 0.1) is 10.7 Å². The van der Waals surface area contributed by atoms with E-state index in [0.29, 0.717) is 17.2 Å². The molecule has 200 valence electrons. The van der Waals surface area contributed by atoms with E-state index in [-0.39, 0.29) is 29.8 Å². The van der Waals surface area contributed by atoms with Gasteiger partial charge in [0.25, 0.3) is 5.69 Å². The summed E-state index contributed by atoms with van der Waals surface area (Å²) >= 11 is 7.48. The molecule has 0 heterocycles. The fourth-order valence-corrected chi connectivity index (χ4v) is 4.84. The van der Waals surface area contributed by atoms with Gasteiger partial charge in [0.2, 0.25) is 11.8 Å². The Kier molecular flexibility index (Phi) is 10.3. The lowest BCUT2D eigenvalue weighted by Crippen LogP contribution is -2.54. The predicted molar refractivity (Wildman–Crippen MR) is 153 cm³/mol. The first-order valence-electron chi connectivity index (χ1n) is 12.2. The summed E-state index contributed by atoms with van der Waals surface area (Å²) in [5.74, 6) is 0.273. The molecule has 9 heteroatoms. The molecule has 0 aliphatic carbocycles. The molecule has 0 aromatic heterocycles. The van der Waals surface area contributed by atoms with Crippen LogP contribution in [0.5, 0.6) is 0 Å². The maximum atomic E-state index is 13.7. The summed E-state index contributed by atoms with van der Waals surface area (Å²) < 4.78 is 0. The van der Waals surface area contributed by atoms with Crippen molar-refractivity contribution in [3.63, 3.8) is 0 Å². The van der Waals surface area contributed by atoms with E-state index in [1.807, 2.05) is 63.2 Å². The Bertz CT molecular complexity index is 1230. The van der Waals surface area contributed by atoms with Gasteiger partial charge in [-0.25, -0.2) is 0 Å². The highest BCUT2D eigenvalue weighted by atomic mass is 35.5. The molecular weight excluding hydrogens is 522 g/mol. The number of nitro groups is 1. The monoisotopic (exact) mass is 553 g/mol. The highest BCUT2D eigenvalue weighted by Crippen LogP contribution is 2.21. The van der Waals surface area contributed by atoms with Gasteiger partial charge < -0.3 is 10.2 Å². The molecule has 1 atom stereocenters. The van der Waals surface area contributed by atoms with Crippen molar-refractivity contribution in [3.05, 3.63) is 111 Å². The molecular formula is C29H32ClN3O4S. The summed E-state index contributed by atoms with van der Waals surface area (Å²) in [6.45, 7) is 5.99. The number of nitrogens with zero attached hydrogens (tertiary/aromatic N) is 2. The van der Waals surface area contributed by atoms with Gasteiger partial charge in [0.1, 0.15) is 6.04 Å². The van der Waals surface area contributed by atoms with Gasteiger partial charge in [0.15, 0.2) is 0 Å². The van der Waals surface area contributed by atoms with Gasteiger partial charge in [-0.05, 0) is 49.6 Å². The van der Waals surface area contributed by atoms with Crippen LogP contribution in [0.4, 0.5) is 5.69 Å². The van der Waals surface area contributed by atoms with Crippen LogP contribution in [0.15, 0.2) is 78.9 Å². The lowest BCUT2D eigenvalue weighted by molar-refractivity contribution is -0.384. The Labute approximate surface area is 232 Å². The van der Waals surface area contributed by atoms with Crippen LogP contribution in [0.1, 0.15) is 37.5 Å². The first-order valence-corrected chi connectivity index (χ1v) is 13.8. The van der Waals surface area contributed by atoms with Gasteiger partial charge in [-0.15, -0.1) is 11.8 Å². The topological polar surface area (TPSA) is 92.6 Å². The molecule has 1 N–H and O–H groups in total. The minimum atomic E-state index is -0.722. The van der Waals surface area contributed by atoms with Crippen molar-refractivity contribution in [3.8, 4) is 0 Å². The van der Waals surface area contributed by atoms with Crippen molar-refractivity contribution in [2.24, 2.45) is 0 Å². The third-order valence-corrected chi connectivity index (χ3v) is 6.92. The minimum Gasteiger partial charge on any atom is -0.350 e. The minimum absolute atomic E-state index is 0.0255. The molecule has 2 amide bonds. The standard InChI is InChI=1S/C29H32ClN3O4S/c1-29(2,3)31-28(35)26(17-21-7-5-4-6-8-21)32(18-22-9-13-24(30)14-10-22)27(34)20-38-19-23-11-15-25(16-12-23)33(36)37/h4-16,26H,17-20H2,1-3H3,(H,31,35)/t26-/m0/s1. The van der Waals surface area contributed by atoms with E-state index in [1.54, 1.807) is 29.2 Å². The van der Waals surface area contributed by atoms with Crippen molar-refractivity contribution in [2.75, 3.05) is 5.75 Å². The number of amides is 2. The van der Waals surface area contributed by atoms with Crippen LogP contribution >= 0.6 is 23.4 Å². The molecule has 7 nitrogen and oxygen atoms in total. The maximum Gasteiger partial charge on any atom is 0.269 e. The van der Waals surface area contributed by atoms with Crippen LogP contribution in [0.25, 0.3) is 0 Å². The quantitative estimate of drug-likeness (QED) is 0.231. The largest absolute Gasteiger partial charge is 0.350 e. The molecule has 0 bridgehead atoms. The van der Waals surface area contributed by atoms with Crippen LogP contribution in [0.3, 0.4) is 0 Å². The van der Waals surface area contributed by atoms with E-state index >= 15 is 0 Å². The van der Waals surface area contributed by atoms with Crippen molar-refractivity contribution in [1.82, 2.24) is 10.2 Å². The lowest BCUT2D eigenvalue weighted by atomic mass is 10.0. The van der Waals surface area contributed by atoms with E-state index in [9.17, 15) is 19.7 Å². The van der Waals surface area contributed by atoms with Gasteiger partial charge >= 0.3 is 0 Å². The Balaban J connectivity index is 1.83. The zero-order chi connectivity index (χ0) is 27.7. The molecule has 3 aromatic rings. The van der Waals surface area contributed by atoms with E-state index in [1.165, 1.54) is 23.9 Å². The maximum absolute atomic E-state index is 13.7. The average molecular weight is 554 g/mol. The number of carbonyl (C=O) groups is 2. The zero-order valence-corrected chi connectivity index (χ0v) is 23.3. The predicted octanol–water partition coefficient (Wildman–Crippen LogP) is 6.04. The number of nitrogens with one attached hydrogen (secondary N) is 1. The zero-order valence-electron chi connectivity index (χ0n) is 21.7. The van der Waals surface area contributed by atoms with E-state index in [2.05, 4.69) is 5.32 Å². The van der Waals surface area contributed by atoms with Crippen molar-refractivity contribution in [1.29, 1.82) is 0 Å². The van der Waals surface area contributed by atoms with Gasteiger partial charge in [-0.3, -0.25) is 19.7 Å². The summed E-state index contributed by atoms with van der Waals surface area (Å²) in [4.78, 5) is 39.3. The van der Waals surface area contributed by atoms with E-state index < -0.39 is 16.5 Å². The number of non-ortho nitro benzene ring substituents is 1. The number of thioether (sulfide) groups is 1. The first-order chi connectivity index (χ1) is 18.0. The van der Waals surface area contributed by atoms with Crippen LogP contribution in [-0.2, 0) is 28.3 Å². The molecule has 3 rings (SSSR count). The number of hydrogen-bond donors (Lipinski definition) is 1. The summed E-state index contributed by atoms with van der Waals surface area (Å²) in [7, 11) is 0. The number of rotatable bonds is 11. The molecule has 0 unspecified atom stereocenters. The second-order valence-electron chi connectivity index (χ2n) is 10.0. The second-order valence-corrected chi connectivity index (χ2v) is 11.4. The third kappa shape index (κ3) is 9.19. The first kappa shape index (κ1) is 29.2. The highest BCUT2D eigenvalue weighted by Gasteiger charge is 2.32. The number of benzene rings is 3. The van der Waals surface area contributed by atoms with Gasteiger partial charge in [0, 0.05) is 41.4 Å². The molecule has 0 fully saturated rings. The normalized spacial score (nSPS) is 12.0. The van der Waals surface area contributed by atoms with E-state index in [0.717, 1.165) is 16.7 Å². The smallest absolute Gasteiger partial charge is 0.269 e. The molecule has 0 saturated carbocycles. The van der Waals surface area contributed by atoms with Gasteiger partial charge in [-0.1, -0.05) is 66.2 Å². The molecule has 0 aliphatic heterocycles. The Morgan fingerprint density at radius 2 is 1.55 bits per heavy atom. The number of carbonyl (C=O) groups excluding carboxylic acids is 2. The summed E-state index contributed by atoms with van der Waals surface area (Å²) in [6.07, 6.45) is 0.370. The average Bonchev–Trinajstić information content (AvgIpc) is 2.87. The molecule has 3 aromatic carbocycles. The summed E-state index contributed by atoms with van der Waals surface area (Å²) in [5.41, 5.74) is 2.26. The Hall–Kier alpha value is -3.36. The number of halogens is 1. The van der Waals surface area contributed by atoms with Crippen molar-refractivity contribution >= 4 is 40.9 Å².